The van der Waals surface area contributed by atoms with Crippen LogP contribution < -0.4 is 5.32 Å². The van der Waals surface area contributed by atoms with Crippen molar-refractivity contribution in [1.29, 1.82) is 0 Å². The van der Waals surface area contributed by atoms with Crippen LogP contribution in [0.15, 0.2) is 12.1 Å². The lowest BCUT2D eigenvalue weighted by Gasteiger charge is -2.19. The highest BCUT2D eigenvalue weighted by Crippen LogP contribution is 2.16. The fourth-order valence-corrected chi connectivity index (χ4v) is 1.96. The van der Waals surface area contributed by atoms with Crippen molar-refractivity contribution in [3.63, 3.8) is 0 Å². The zero-order valence-electron chi connectivity index (χ0n) is 12.1. The Morgan fingerprint density at radius 1 is 1.17 bits per heavy atom. The molecule has 0 spiro atoms. The molecular weight excluding hydrogens is 224 g/mol. The molecule has 3 nitrogen and oxygen atoms in total. The minimum Gasteiger partial charge on any atom is -0.341 e. The van der Waals surface area contributed by atoms with E-state index in [1.54, 1.807) is 4.90 Å². The molecule has 0 atom stereocenters. The van der Waals surface area contributed by atoms with Crippen molar-refractivity contribution < 1.29 is 4.79 Å². The van der Waals surface area contributed by atoms with Gasteiger partial charge in [-0.2, -0.15) is 0 Å². The number of carbonyl (C=O) groups is 1. The molecule has 100 valence electrons. The maximum absolute atomic E-state index is 11.9. The quantitative estimate of drug-likeness (QED) is 0.866. The molecule has 0 aliphatic carbocycles. The average molecular weight is 248 g/mol. The van der Waals surface area contributed by atoms with Gasteiger partial charge in [0.25, 0.3) is 0 Å². The van der Waals surface area contributed by atoms with Crippen molar-refractivity contribution >= 4 is 5.91 Å². The molecule has 1 aromatic rings. The molecule has 3 heteroatoms. The molecular formula is C15H24N2O. The normalized spacial score (nSPS) is 10.5. The Bertz CT molecular complexity index is 427. The first-order valence-electron chi connectivity index (χ1n) is 6.41. The van der Waals surface area contributed by atoms with Crippen LogP contribution in [0.5, 0.6) is 0 Å². The second kappa shape index (κ2) is 6.55. The van der Waals surface area contributed by atoms with Crippen LogP contribution in [0.1, 0.15) is 28.7 Å². The molecule has 18 heavy (non-hydrogen) atoms. The predicted octanol–water partition coefficient (Wildman–Crippen LogP) is 2.18. The number of hydrogen-bond donors (Lipinski definition) is 1. The zero-order valence-corrected chi connectivity index (χ0v) is 12.1. The molecule has 1 N–H and O–H groups in total. The van der Waals surface area contributed by atoms with Gasteiger partial charge in [0, 0.05) is 26.6 Å². The Balaban J connectivity index is 2.72. The average Bonchev–Trinajstić information content (AvgIpc) is 2.32. The summed E-state index contributed by atoms with van der Waals surface area (Å²) in [5, 5.41) is 3.00. The zero-order chi connectivity index (χ0) is 13.7. The maximum atomic E-state index is 11.9. The van der Waals surface area contributed by atoms with E-state index in [2.05, 4.69) is 38.2 Å². The summed E-state index contributed by atoms with van der Waals surface area (Å²) in [7, 11) is 3.73. The number of nitrogens with zero attached hydrogens (tertiary/aromatic N) is 1. The third kappa shape index (κ3) is 3.84. The Hall–Kier alpha value is -1.35. The number of benzene rings is 1. The van der Waals surface area contributed by atoms with E-state index in [1.165, 1.54) is 22.3 Å². The topological polar surface area (TPSA) is 32.3 Å². The van der Waals surface area contributed by atoms with Crippen LogP contribution >= 0.6 is 0 Å². The Kier molecular flexibility index (Phi) is 5.35. The molecule has 1 rings (SSSR count). The van der Waals surface area contributed by atoms with Crippen LogP contribution in [-0.2, 0) is 11.3 Å². The van der Waals surface area contributed by atoms with Gasteiger partial charge in [-0.25, -0.2) is 0 Å². The van der Waals surface area contributed by atoms with E-state index in [0.29, 0.717) is 13.0 Å². The molecule has 1 amide bonds. The third-order valence-electron chi connectivity index (χ3n) is 3.37. The summed E-state index contributed by atoms with van der Waals surface area (Å²) in [6, 6.07) is 4.38. The van der Waals surface area contributed by atoms with Crippen molar-refractivity contribution in [3.8, 4) is 0 Å². The van der Waals surface area contributed by atoms with Crippen molar-refractivity contribution in [2.75, 3.05) is 20.6 Å². The second-order valence-corrected chi connectivity index (χ2v) is 4.97. The monoisotopic (exact) mass is 248 g/mol. The van der Waals surface area contributed by atoms with Crippen LogP contribution in [0.2, 0.25) is 0 Å². The van der Waals surface area contributed by atoms with Crippen molar-refractivity contribution in [2.45, 2.75) is 33.7 Å². The minimum absolute atomic E-state index is 0.182. The van der Waals surface area contributed by atoms with Gasteiger partial charge in [-0.3, -0.25) is 4.79 Å². The van der Waals surface area contributed by atoms with Crippen LogP contribution in [0, 0.1) is 20.8 Å². The summed E-state index contributed by atoms with van der Waals surface area (Å²) < 4.78 is 0. The lowest BCUT2D eigenvalue weighted by atomic mass is 10.0. The van der Waals surface area contributed by atoms with Gasteiger partial charge in [0.05, 0.1) is 0 Å². The summed E-state index contributed by atoms with van der Waals surface area (Å²) in [5.41, 5.74) is 5.08. The first kappa shape index (κ1) is 14.7. The molecule has 0 heterocycles. The number of nitrogens with one attached hydrogen (secondary N) is 1. The Labute approximate surface area is 110 Å². The minimum atomic E-state index is 0.182. The van der Waals surface area contributed by atoms with Gasteiger partial charge in [0.15, 0.2) is 0 Å². The van der Waals surface area contributed by atoms with Gasteiger partial charge in [0.2, 0.25) is 5.91 Å². The van der Waals surface area contributed by atoms with Gasteiger partial charge < -0.3 is 10.2 Å². The molecule has 0 unspecified atom stereocenters. The molecule has 0 radical (unpaired) electrons. The van der Waals surface area contributed by atoms with E-state index >= 15 is 0 Å². The van der Waals surface area contributed by atoms with Gasteiger partial charge in [-0.15, -0.1) is 0 Å². The van der Waals surface area contributed by atoms with Crippen molar-refractivity contribution in [3.05, 3.63) is 34.4 Å². The summed E-state index contributed by atoms with van der Waals surface area (Å²) >= 11 is 0. The molecule has 0 fully saturated rings. The molecule has 0 aliphatic rings. The highest BCUT2D eigenvalue weighted by Gasteiger charge is 2.10. The summed E-state index contributed by atoms with van der Waals surface area (Å²) in [6.07, 6.45) is 0.552. The lowest BCUT2D eigenvalue weighted by molar-refractivity contribution is -0.130. The molecule has 1 aromatic carbocycles. The van der Waals surface area contributed by atoms with Crippen molar-refractivity contribution in [1.82, 2.24) is 10.2 Å². The van der Waals surface area contributed by atoms with Crippen LogP contribution in [0.25, 0.3) is 0 Å². The van der Waals surface area contributed by atoms with E-state index in [-0.39, 0.29) is 5.91 Å². The SMILES string of the molecule is CNCCC(=O)N(C)Cc1cc(C)c(C)cc1C. The summed E-state index contributed by atoms with van der Waals surface area (Å²) in [6.45, 7) is 7.76. The molecule has 0 aromatic heterocycles. The van der Waals surface area contributed by atoms with E-state index in [9.17, 15) is 4.79 Å². The van der Waals surface area contributed by atoms with Crippen molar-refractivity contribution in [2.24, 2.45) is 0 Å². The highest BCUT2D eigenvalue weighted by molar-refractivity contribution is 5.76. The number of aryl methyl sites for hydroxylation is 3. The number of rotatable bonds is 5. The first-order valence-corrected chi connectivity index (χ1v) is 6.41. The lowest BCUT2D eigenvalue weighted by Crippen LogP contribution is -2.29. The second-order valence-electron chi connectivity index (χ2n) is 4.97. The molecule has 0 saturated heterocycles. The predicted molar refractivity (Wildman–Crippen MR) is 75.7 cm³/mol. The number of amides is 1. The fourth-order valence-electron chi connectivity index (χ4n) is 1.96. The standard InChI is InChI=1S/C15H24N2O/c1-11-8-13(3)14(9-12(11)2)10-17(5)15(18)6-7-16-4/h8-9,16H,6-7,10H2,1-5H3. The van der Waals surface area contributed by atoms with E-state index in [1.807, 2.05) is 14.1 Å². The van der Waals surface area contributed by atoms with E-state index < -0.39 is 0 Å². The van der Waals surface area contributed by atoms with Gasteiger partial charge in [-0.05, 0) is 50.1 Å². The van der Waals surface area contributed by atoms with Gasteiger partial charge in [-0.1, -0.05) is 12.1 Å². The fraction of sp³-hybridized carbons (Fsp3) is 0.533. The summed E-state index contributed by atoms with van der Waals surface area (Å²) in [4.78, 5) is 13.7. The first-order chi connectivity index (χ1) is 8.45. The van der Waals surface area contributed by atoms with Gasteiger partial charge in [0.1, 0.15) is 0 Å². The Morgan fingerprint density at radius 2 is 1.78 bits per heavy atom. The molecule has 0 aliphatic heterocycles. The number of carbonyl (C=O) groups excluding carboxylic acids is 1. The molecule has 0 saturated carbocycles. The highest BCUT2D eigenvalue weighted by atomic mass is 16.2. The maximum Gasteiger partial charge on any atom is 0.223 e. The number of hydrogen-bond acceptors (Lipinski definition) is 2. The van der Waals surface area contributed by atoms with Crippen LogP contribution in [0.3, 0.4) is 0 Å². The molecule has 0 bridgehead atoms. The van der Waals surface area contributed by atoms with E-state index in [4.69, 9.17) is 0 Å². The third-order valence-corrected chi connectivity index (χ3v) is 3.37. The summed E-state index contributed by atoms with van der Waals surface area (Å²) in [5.74, 6) is 0.182. The van der Waals surface area contributed by atoms with Crippen LogP contribution in [-0.4, -0.2) is 31.4 Å². The smallest absolute Gasteiger partial charge is 0.223 e. The van der Waals surface area contributed by atoms with Gasteiger partial charge >= 0.3 is 0 Å². The van der Waals surface area contributed by atoms with E-state index in [0.717, 1.165) is 6.54 Å². The largest absolute Gasteiger partial charge is 0.341 e. The van der Waals surface area contributed by atoms with Crippen LogP contribution in [0.4, 0.5) is 0 Å². The Morgan fingerprint density at radius 3 is 2.39 bits per heavy atom.